The zero-order valence-corrected chi connectivity index (χ0v) is 92.9. The lowest BCUT2D eigenvalue weighted by Crippen LogP contribution is -2.63. The summed E-state index contributed by atoms with van der Waals surface area (Å²) in [4.78, 5) is 121. The molecular formula is C113H162N2O30S4. The molecule has 0 radical (unpaired) electrons. The fourth-order valence-corrected chi connectivity index (χ4v) is 32.1. The largest absolute Gasteiger partial charge is 0.748 e. The van der Waals surface area contributed by atoms with Gasteiger partial charge in [0.2, 0.25) is 0 Å². The molecule has 2 saturated heterocycles. The second kappa shape index (κ2) is 49.3. The predicted molar refractivity (Wildman–Crippen MR) is 557 cm³/mol. The number of ether oxygens (including phenoxy) is 9. The number of carbonyl (C=O) groups is 10. The SMILES string of the molecule is C.C=C(C)C(=O)OC1(C(C)C)C2CC3CC(C2)CC1C3.C=C(C)C(=O)OC12CC3CC(CC(O)(C3)C1)C2.C=C(C)C(=O)OCC(=O)OC1C2CC3C1OS(=O)(=O)C3C2.C=C(C)C(=O)OCCS(=O)(=O)[O-].CCC(C)(C)C(=O)OC1(C(C)C)C2CC3CC(C2)CC1C3.CCC(C)(C)C(=O)OCC(=O)OC1C2CC3C1OS(=O)(=O)C3C2.COC(=O)C(C)(C)N=NC(C)(C)C(=O)CO.c1ccc([S+](c2ccccc2)c2ccccc2)cc1. The fraction of sp³-hybridized carbons (Fsp3) is 0.681. The third kappa shape index (κ3) is 29.0. The number of benzene rings is 3. The summed E-state index contributed by atoms with van der Waals surface area (Å²) in [5.74, 6) is 2.49. The van der Waals surface area contributed by atoms with Crippen LogP contribution < -0.4 is 0 Å². The molecule has 149 heavy (non-hydrogen) atoms. The molecule has 16 aliphatic carbocycles. The molecule has 0 amide bonds. The summed E-state index contributed by atoms with van der Waals surface area (Å²) >= 11 is 0. The van der Waals surface area contributed by atoms with Crippen molar-refractivity contribution in [3.05, 3.63) is 140 Å². The van der Waals surface area contributed by atoms with Crippen LogP contribution in [0.4, 0.5) is 0 Å². The molecular weight excluding hydrogens is 1990 g/mol. The van der Waals surface area contributed by atoms with Crippen molar-refractivity contribution in [3.8, 4) is 0 Å². The lowest BCUT2D eigenvalue weighted by Gasteiger charge is -2.62. The molecule has 0 spiro atoms. The first-order valence-electron chi connectivity index (χ1n) is 52.3. The number of nitrogens with zero attached hydrogens (tertiary/aromatic N) is 2. The van der Waals surface area contributed by atoms with Gasteiger partial charge in [0, 0.05) is 52.4 Å². The smallest absolute Gasteiger partial charge is 0.344 e. The van der Waals surface area contributed by atoms with Crippen molar-refractivity contribution in [2.45, 2.75) is 356 Å². The molecule has 2 aliphatic heterocycles. The molecule has 3 aromatic rings. The van der Waals surface area contributed by atoms with Gasteiger partial charge in [0.1, 0.15) is 60.0 Å². The van der Waals surface area contributed by atoms with Crippen LogP contribution in [0.3, 0.4) is 0 Å². The molecule has 0 aromatic heterocycles. The Morgan fingerprint density at radius 2 is 0.826 bits per heavy atom. The van der Waals surface area contributed by atoms with Crippen molar-refractivity contribution in [2.75, 3.05) is 39.3 Å². The maximum atomic E-state index is 12.8. The Balaban J connectivity index is 0.000000175. The van der Waals surface area contributed by atoms with Gasteiger partial charge in [-0.1, -0.05) is 130 Å². The summed E-state index contributed by atoms with van der Waals surface area (Å²) in [6.07, 6.45) is 20.1. The second-order valence-electron chi connectivity index (χ2n) is 46.8. The van der Waals surface area contributed by atoms with Crippen molar-refractivity contribution in [1.29, 1.82) is 0 Å². The number of Topliss-reactive ketones (excluding diaryl/α,β-unsaturated/α-hetero) is 1. The lowest BCUT2D eigenvalue weighted by molar-refractivity contribution is -0.231. The monoisotopic (exact) mass is 2160 g/mol. The fourth-order valence-electron chi connectivity index (χ4n) is 25.9. The van der Waals surface area contributed by atoms with Gasteiger partial charge >= 0.3 is 53.7 Å². The van der Waals surface area contributed by atoms with Gasteiger partial charge in [-0.15, -0.1) is 0 Å². The number of fused-ring (bicyclic) bond motifs is 2. The van der Waals surface area contributed by atoms with Gasteiger partial charge < -0.3 is 57.4 Å². The first kappa shape index (κ1) is 122. The van der Waals surface area contributed by atoms with E-state index in [9.17, 15) is 82.9 Å². The van der Waals surface area contributed by atoms with Crippen molar-refractivity contribution in [3.63, 3.8) is 0 Å². The van der Waals surface area contributed by atoms with Crippen LogP contribution in [0.2, 0.25) is 0 Å². The van der Waals surface area contributed by atoms with Gasteiger partial charge in [0.05, 0.1) is 60.8 Å². The molecule has 16 bridgehead atoms. The van der Waals surface area contributed by atoms with Crippen molar-refractivity contribution < 1.29 is 139 Å². The van der Waals surface area contributed by atoms with E-state index < -0.39 is 167 Å². The third-order valence-electron chi connectivity index (χ3n) is 33.3. The van der Waals surface area contributed by atoms with E-state index in [2.05, 4.69) is 172 Å². The normalized spacial score (nSPS) is 31.5. The van der Waals surface area contributed by atoms with Gasteiger partial charge in [-0.05, 0) is 325 Å². The minimum Gasteiger partial charge on any atom is -0.748 e. The molecule has 2 heterocycles. The number of aliphatic hydroxyl groups is 2. The maximum absolute atomic E-state index is 12.8. The highest BCUT2D eigenvalue weighted by Gasteiger charge is 2.69. The van der Waals surface area contributed by atoms with Crippen molar-refractivity contribution in [1.82, 2.24) is 0 Å². The Hall–Kier alpha value is -8.88. The summed E-state index contributed by atoms with van der Waals surface area (Å²) in [5, 5.41) is 25.9. The van der Waals surface area contributed by atoms with Crippen LogP contribution in [-0.4, -0.2) is 207 Å². The molecule has 18 fully saturated rings. The van der Waals surface area contributed by atoms with Gasteiger partial charge in [0.15, 0.2) is 39.2 Å². The average Bonchev–Trinajstić information content (AvgIpc) is 1.63. The molecule has 828 valence electrons. The Kier molecular flexibility index (Phi) is 40.3. The van der Waals surface area contributed by atoms with Crippen LogP contribution in [0.1, 0.15) is 273 Å². The standard InChI is InChI=1S/C19H32O2.C18H15S.C17H26O2.C15H22O7S.C14H20O3.C13H16O7S.C10H18N2O4.C6H10O5S.CH4/c1-6-18(4,5)17(20)21-19(12(2)3)15-8-13-7-14(10-15)11-16(19)9-13;1-4-10-16(11-5-1)19(17-12-6-2-7-13-17)18-14-8-3-9-15-18;1-10(2)16(18)19-17(11(3)4)14-6-12-5-13(8-14)9-15(17)7-12;1-4-15(2,3)14(17)20-7-11(16)21-12-8-5-9-10(6-8)23(18,19)22-13(9)12;1-9(2)12(15)17-14-6-10-3-11(7-14)5-13(16,4-10)8-14;1-6(2)13(15)18-5-10(14)19-11-7-3-8-9(4-7)21(16,17)20-12(8)11;1-9(2,7(14)6-13)11-12-10(3,4)8(15)16-5;1-5(2)6(7)11-3-4-12(8,9)10;/h12-16H,6-11H2,1-5H3;1-15H;11-15H,1,5-9H2,2-4H3;8-10,12-13H,4-7H2,1-3H3;10-11,16H,1,3-8H2,2H3;7-9,11-12H,1,3-5H2,2H3;13H,6H2,1-5H3;1,3-4H2,2H3,(H,8,9,10);1H4/q;+1;;;;;;;/p-1. The van der Waals surface area contributed by atoms with Gasteiger partial charge in [-0.2, -0.15) is 27.1 Å². The molecule has 36 heteroatoms. The summed E-state index contributed by atoms with van der Waals surface area (Å²) in [6.45, 7) is 45.0. The Labute approximate surface area is 885 Å². The van der Waals surface area contributed by atoms with E-state index in [1.807, 2.05) is 20.8 Å². The number of rotatable bonds is 30. The van der Waals surface area contributed by atoms with E-state index in [-0.39, 0.29) is 87.7 Å². The second-order valence-corrected chi connectivity index (χ2v) is 53.9. The number of carbonyl (C=O) groups excluding carboxylic acids is 10. The van der Waals surface area contributed by atoms with E-state index in [4.69, 9.17) is 46.6 Å². The van der Waals surface area contributed by atoms with Crippen LogP contribution in [0.15, 0.2) is 165 Å². The number of azo groups is 1. The van der Waals surface area contributed by atoms with Crippen molar-refractivity contribution in [2.24, 2.45) is 116 Å². The summed E-state index contributed by atoms with van der Waals surface area (Å²) < 4.78 is 135. The van der Waals surface area contributed by atoms with Gasteiger partial charge in [-0.3, -0.25) is 22.7 Å². The number of methoxy groups -OCH3 is 1. The van der Waals surface area contributed by atoms with Crippen LogP contribution in [0.5, 0.6) is 0 Å². The van der Waals surface area contributed by atoms with Crippen LogP contribution in [-0.2, 0) is 140 Å². The van der Waals surface area contributed by atoms with Crippen LogP contribution in [0, 0.1) is 106 Å². The molecule has 32 nitrogen and oxygen atoms in total. The first-order valence-corrected chi connectivity index (χ1v) is 58.1. The zero-order valence-electron chi connectivity index (χ0n) is 89.6. The highest BCUT2D eigenvalue weighted by Crippen LogP contribution is 2.65. The highest BCUT2D eigenvalue weighted by molar-refractivity contribution is 7.97. The number of hydrogen-bond acceptors (Lipinski definition) is 32. The maximum Gasteiger partial charge on any atom is 0.344 e. The minimum atomic E-state index is -4.30. The Morgan fingerprint density at radius 1 is 0.477 bits per heavy atom. The van der Waals surface area contributed by atoms with E-state index in [1.54, 1.807) is 27.7 Å². The van der Waals surface area contributed by atoms with Gasteiger partial charge in [-0.25, -0.2) is 42.0 Å². The zero-order chi connectivity index (χ0) is 109. The summed E-state index contributed by atoms with van der Waals surface area (Å²) in [7, 11) is -10.1. The quantitative estimate of drug-likeness (QED) is 0.0119. The number of esters is 9. The van der Waals surface area contributed by atoms with Gasteiger partial charge in [0.25, 0.3) is 20.2 Å². The molecule has 2 N–H and O–H groups in total. The van der Waals surface area contributed by atoms with E-state index in [0.29, 0.717) is 97.0 Å². The van der Waals surface area contributed by atoms with E-state index >= 15 is 0 Å². The minimum absolute atomic E-state index is 0. The topological polar surface area (TPSA) is 463 Å². The average molecular weight is 2160 g/mol. The lowest BCUT2D eigenvalue weighted by atomic mass is 9.47. The molecule has 12 atom stereocenters. The molecule has 18 aliphatic rings. The molecule has 21 rings (SSSR count). The Bertz CT molecular complexity index is 5520. The summed E-state index contributed by atoms with van der Waals surface area (Å²) in [6, 6.07) is 32.2. The Morgan fingerprint density at radius 3 is 1.17 bits per heavy atom. The van der Waals surface area contributed by atoms with Crippen LogP contribution in [0.25, 0.3) is 0 Å². The van der Waals surface area contributed by atoms with Crippen molar-refractivity contribution >= 4 is 101 Å². The third-order valence-corrected chi connectivity index (χ3v) is 39.7. The summed E-state index contributed by atoms with van der Waals surface area (Å²) in [5.41, 5.74) is -3.27. The predicted octanol–water partition coefficient (Wildman–Crippen LogP) is 17.9. The highest BCUT2D eigenvalue weighted by atomic mass is 32.2. The molecule has 3 aromatic carbocycles. The van der Waals surface area contributed by atoms with Crippen LogP contribution >= 0.6 is 0 Å². The number of aliphatic hydroxyl groups excluding tert-OH is 1. The number of ketones is 1. The van der Waals surface area contributed by atoms with E-state index in [0.717, 1.165) is 55.8 Å². The molecule has 16 saturated carbocycles. The van der Waals surface area contributed by atoms with E-state index in [1.165, 1.54) is 134 Å². The first-order chi connectivity index (χ1) is 69.0. The number of hydrogen-bond donors (Lipinski definition) is 2. The molecule has 12 unspecified atom stereocenters.